The minimum Gasteiger partial charge on any atom is -0.394 e. The Hall–Kier alpha value is -2.05. The molecule has 0 bridgehead atoms. The van der Waals surface area contributed by atoms with E-state index in [1.807, 2.05) is 16.2 Å². The smallest absolute Gasteiger partial charge is 0.152 e. The molecule has 2 aromatic heterocycles. The molecular weight excluding hydrogens is 242 g/mol. The second-order valence-corrected chi connectivity index (χ2v) is 4.46. The summed E-state index contributed by atoms with van der Waals surface area (Å²) in [4.78, 5) is 0. The van der Waals surface area contributed by atoms with Crippen LogP contribution in [0.1, 0.15) is 31.8 Å². The first-order valence-corrected chi connectivity index (χ1v) is 6.60. The van der Waals surface area contributed by atoms with Gasteiger partial charge >= 0.3 is 0 Å². The second-order valence-electron chi connectivity index (χ2n) is 4.46. The van der Waals surface area contributed by atoms with Crippen LogP contribution in [0, 0.1) is 6.92 Å². The molecule has 0 aliphatic carbocycles. The van der Waals surface area contributed by atoms with Crippen molar-refractivity contribution in [3.63, 3.8) is 0 Å². The average Bonchev–Trinajstić information content (AvgIpc) is 2.95. The zero-order valence-corrected chi connectivity index (χ0v) is 11.7. The summed E-state index contributed by atoms with van der Waals surface area (Å²) in [6, 6.07) is 0. The monoisotopic (exact) mass is 263 g/mol. The number of nitrogens with zero attached hydrogens (tertiary/aromatic N) is 5. The molecule has 0 fully saturated rings. The fourth-order valence-electron chi connectivity index (χ4n) is 2.00. The third kappa shape index (κ3) is 2.69. The lowest BCUT2D eigenvalue weighted by Crippen LogP contribution is -2.12. The molecule has 3 N–H and O–H groups in total. The zero-order valence-electron chi connectivity index (χ0n) is 11.7. The van der Waals surface area contributed by atoms with Crippen molar-refractivity contribution < 1.29 is 0 Å². The standard InChI is InChI=1S/C12H21N7/c1-4-6-19-12(11(13)9(3)17-19)14-7-10-16-15-8-18(10)5-2/h8,14H,4-7,13H2,1-3H3. The normalized spacial score (nSPS) is 10.9. The molecule has 0 aliphatic heterocycles. The summed E-state index contributed by atoms with van der Waals surface area (Å²) < 4.78 is 3.91. The van der Waals surface area contributed by atoms with Crippen LogP contribution in [0.3, 0.4) is 0 Å². The highest BCUT2D eigenvalue weighted by Crippen LogP contribution is 2.22. The molecule has 104 valence electrons. The lowest BCUT2D eigenvalue weighted by atomic mass is 10.4. The van der Waals surface area contributed by atoms with Gasteiger partial charge in [0.15, 0.2) is 5.82 Å². The number of hydrogen-bond donors (Lipinski definition) is 2. The van der Waals surface area contributed by atoms with E-state index in [2.05, 4.69) is 34.5 Å². The minimum atomic E-state index is 0.590. The maximum absolute atomic E-state index is 6.06. The van der Waals surface area contributed by atoms with E-state index in [4.69, 9.17) is 5.73 Å². The fraction of sp³-hybridized carbons (Fsp3) is 0.583. The summed E-state index contributed by atoms with van der Waals surface area (Å²) in [6.07, 6.45) is 2.75. The summed E-state index contributed by atoms with van der Waals surface area (Å²) in [5.74, 6) is 1.76. The van der Waals surface area contributed by atoms with Crippen LogP contribution in [0.4, 0.5) is 11.5 Å². The van der Waals surface area contributed by atoms with Crippen LogP contribution >= 0.6 is 0 Å². The van der Waals surface area contributed by atoms with E-state index in [0.29, 0.717) is 12.2 Å². The number of nitrogens with two attached hydrogens (primary N) is 1. The predicted octanol–water partition coefficient (Wildman–Crippen LogP) is 1.41. The van der Waals surface area contributed by atoms with Crippen LogP contribution < -0.4 is 11.1 Å². The van der Waals surface area contributed by atoms with E-state index in [1.165, 1.54) is 0 Å². The summed E-state index contributed by atoms with van der Waals surface area (Å²) in [6.45, 7) is 8.39. The quantitative estimate of drug-likeness (QED) is 0.822. The molecule has 7 nitrogen and oxygen atoms in total. The van der Waals surface area contributed by atoms with Crippen LogP contribution in [0.25, 0.3) is 0 Å². The van der Waals surface area contributed by atoms with Gasteiger partial charge in [0.2, 0.25) is 0 Å². The lowest BCUT2D eigenvalue weighted by Gasteiger charge is -2.10. The molecule has 0 unspecified atom stereocenters. The van der Waals surface area contributed by atoms with E-state index in [-0.39, 0.29) is 0 Å². The molecule has 0 aromatic carbocycles. The highest BCUT2D eigenvalue weighted by atomic mass is 15.3. The summed E-state index contributed by atoms with van der Waals surface area (Å²) in [5.41, 5.74) is 7.61. The van der Waals surface area contributed by atoms with Crippen LogP contribution in [-0.2, 0) is 19.6 Å². The molecule has 2 aromatic rings. The van der Waals surface area contributed by atoms with Crippen molar-refractivity contribution in [1.82, 2.24) is 24.5 Å². The van der Waals surface area contributed by atoms with E-state index >= 15 is 0 Å². The van der Waals surface area contributed by atoms with Crippen LogP contribution in [-0.4, -0.2) is 24.5 Å². The largest absolute Gasteiger partial charge is 0.394 e. The SMILES string of the molecule is CCCn1nc(C)c(N)c1NCc1nncn1CC. The minimum absolute atomic E-state index is 0.590. The van der Waals surface area contributed by atoms with Crippen molar-refractivity contribution in [3.8, 4) is 0 Å². The Balaban J connectivity index is 2.14. The number of rotatable bonds is 6. The van der Waals surface area contributed by atoms with Gasteiger partial charge in [-0.15, -0.1) is 10.2 Å². The van der Waals surface area contributed by atoms with Gasteiger partial charge in [-0.2, -0.15) is 5.10 Å². The second kappa shape index (κ2) is 5.73. The molecule has 2 rings (SSSR count). The van der Waals surface area contributed by atoms with Crippen LogP contribution in [0.5, 0.6) is 0 Å². The maximum atomic E-state index is 6.06. The van der Waals surface area contributed by atoms with Crippen molar-refractivity contribution >= 4 is 11.5 Å². The third-order valence-corrected chi connectivity index (χ3v) is 3.06. The Morgan fingerprint density at radius 2 is 2.16 bits per heavy atom. The first-order valence-electron chi connectivity index (χ1n) is 6.60. The number of nitrogen functional groups attached to an aromatic ring is 1. The predicted molar refractivity (Wildman–Crippen MR) is 74.7 cm³/mol. The first-order chi connectivity index (χ1) is 9.17. The molecule has 19 heavy (non-hydrogen) atoms. The fourth-order valence-corrected chi connectivity index (χ4v) is 2.00. The Morgan fingerprint density at radius 3 is 2.84 bits per heavy atom. The first kappa shape index (κ1) is 13.4. The molecule has 0 saturated heterocycles. The van der Waals surface area contributed by atoms with Gasteiger partial charge in [-0.05, 0) is 20.3 Å². The molecule has 7 heteroatoms. The molecular formula is C12H21N7. The zero-order chi connectivity index (χ0) is 13.8. The number of hydrogen-bond acceptors (Lipinski definition) is 5. The topological polar surface area (TPSA) is 86.6 Å². The highest BCUT2D eigenvalue weighted by Gasteiger charge is 2.12. The molecule has 2 heterocycles. The van der Waals surface area contributed by atoms with E-state index < -0.39 is 0 Å². The van der Waals surface area contributed by atoms with Crippen molar-refractivity contribution in [2.75, 3.05) is 11.1 Å². The lowest BCUT2D eigenvalue weighted by molar-refractivity contribution is 0.601. The van der Waals surface area contributed by atoms with Gasteiger partial charge in [-0.1, -0.05) is 6.92 Å². The Kier molecular flexibility index (Phi) is 4.03. The number of nitrogens with one attached hydrogen (secondary N) is 1. The highest BCUT2D eigenvalue weighted by molar-refractivity contribution is 5.64. The third-order valence-electron chi connectivity index (χ3n) is 3.06. The molecule has 0 amide bonds. The van der Waals surface area contributed by atoms with Gasteiger partial charge < -0.3 is 15.6 Å². The van der Waals surface area contributed by atoms with E-state index in [1.54, 1.807) is 6.33 Å². The molecule has 0 atom stereocenters. The Morgan fingerprint density at radius 1 is 1.37 bits per heavy atom. The Labute approximate surface area is 112 Å². The van der Waals surface area contributed by atoms with Gasteiger partial charge in [-0.3, -0.25) is 0 Å². The van der Waals surface area contributed by atoms with Crippen molar-refractivity contribution in [2.24, 2.45) is 0 Å². The average molecular weight is 263 g/mol. The Bertz CT molecular complexity index is 540. The molecule has 0 aliphatic rings. The summed E-state index contributed by atoms with van der Waals surface area (Å²) in [7, 11) is 0. The van der Waals surface area contributed by atoms with Crippen LogP contribution in [0.2, 0.25) is 0 Å². The van der Waals surface area contributed by atoms with Crippen molar-refractivity contribution in [3.05, 3.63) is 17.8 Å². The molecule has 0 spiro atoms. The number of anilines is 2. The number of aryl methyl sites for hydroxylation is 3. The molecule has 0 saturated carbocycles. The van der Waals surface area contributed by atoms with Gasteiger partial charge in [0.05, 0.1) is 17.9 Å². The van der Waals surface area contributed by atoms with Gasteiger partial charge in [0, 0.05) is 13.1 Å². The van der Waals surface area contributed by atoms with Crippen LogP contribution in [0.15, 0.2) is 6.33 Å². The van der Waals surface area contributed by atoms with E-state index in [9.17, 15) is 0 Å². The van der Waals surface area contributed by atoms with Gasteiger partial charge in [-0.25, -0.2) is 4.68 Å². The van der Waals surface area contributed by atoms with Gasteiger partial charge in [0.1, 0.15) is 12.1 Å². The number of aromatic nitrogens is 5. The maximum Gasteiger partial charge on any atom is 0.152 e. The van der Waals surface area contributed by atoms with E-state index in [0.717, 1.165) is 36.8 Å². The summed E-state index contributed by atoms with van der Waals surface area (Å²) >= 11 is 0. The van der Waals surface area contributed by atoms with Crippen molar-refractivity contribution in [2.45, 2.75) is 46.8 Å². The molecule has 0 radical (unpaired) electrons. The van der Waals surface area contributed by atoms with Crippen molar-refractivity contribution in [1.29, 1.82) is 0 Å². The van der Waals surface area contributed by atoms with Gasteiger partial charge in [0.25, 0.3) is 0 Å². The summed E-state index contributed by atoms with van der Waals surface area (Å²) in [5, 5.41) is 15.8.